The average molecular weight is 245 g/mol. The van der Waals surface area contributed by atoms with Gasteiger partial charge in [0.15, 0.2) is 0 Å². The van der Waals surface area contributed by atoms with Crippen molar-refractivity contribution in [2.45, 2.75) is 26.4 Å². The molecule has 0 fully saturated rings. The van der Waals surface area contributed by atoms with E-state index in [0.29, 0.717) is 5.56 Å². The molecule has 0 spiro atoms. The van der Waals surface area contributed by atoms with Crippen LogP contribution in [0.2, 0.25) is 0 Å². The molecule has 0 saturated carbocycles. The molecule has 18 heavy (non-hydrogen) atoms. The second kappa shape index (κ2) is 5.37. The molecule has 1 aromatic rings. The first-order valence-corrected chi connectivity index (χ1v) is 5.46. The molecular weight excluding hydrogens is 230 g/mol. The number of phenolic OH excluding ortho intramolecular Hbond substituents is 1. The Morgan fingerprint density at radius 3 is 2.33 bits per heavy atom. The van der Waals surface area contributed by atoms with Crippen LogP contribution in [0.1, 0.15) is 26.3 Å². The van der Waals surface area contributed by atoms with Gasteiger partial charge in [-0.15, -0.1) is 0 Å². The SMILES string of the molecule is CC(C)(C)OC(=O)/C(C#N)=C/c1ccc(O)cc1. The maximum absolute atomic E-state index is 11.7. The molecule has 0 radical (unpaired) electrons. The van der Waals surface area contributed by atoms with Crippen LogP contribution in [-0.2, 0) is 9.53 Å². The van der Waals surface area contributed by atoms with E-state index in [1.165, 1.54) is 18.2 Å². The maximum Gasteiger partial charge on any atom is 0.349 e. The van der Waals surface area contributed by atoms with E-state index in [9.17, 15) is 4.79 Å². The molecule has 0 bridgehead atoms. The Bertz CT molecular complexity index is 501. The third-order valence-corrected chi connectivity index (χ3v) is 1.94. The van der Waals surface area contributed by atoms with Gasteiger partial charge in [0.1, 0.15) is 23.0 Å². The fourth-order valence-corrected chi connectivity index (χ4v) is 1.21. The highest BCUT2D eigenvalue weighted by Crippen LogP contribution is 2.15. The van der Waals surface area contributed by atoms with E-state index in [-0.39, 0.29) is 11.3 Å². The number of nitrogens with zero attached hydrogens (tertiary/aromatic N) is 1. The summed E-state index contributed by atoms with van der Waals surface area (Å²) in [5.41, 5.74) is -0.0621. The molecule has 0 aliphatic rings. The summed E-state index contributed by atoms with van der Waals surface area (Å²) in [7, 11) is 0. The van der Waals surface area contributed by atoms with Crippen molar-refractivity contribution in [1.82, 2.24) is 0 Å². The van der Waals surface area contributed by atoms with Gasteiger partial charge in [-0.1, -0.05) is 12.1 Å². The van der Waals surface area contributed by atoms with Crippen molar-refractivity contribution in [3.8, 4) is 11.8 Å². The summed E-state index contributed by atoms with van der Waals surface area (Å²) in [5.74, 6) is -0.527. The Labute approximate surface area is 106 Å². The van der Waals surface area contributed by atoms with Crippen molar-refractivity contribution in [2.24, 2.45) is 0 Å². The van der Waals surface area contributed by atoms with Crippen LogP contribution in [-0.4, -0.2) is 16.7 Å². The number of aromatic hydroxyl groups is 1. The van der Waals surface area contributed by atoms with E-state index >= 15 is 0 Å². The standard InChI is InChI=1S/C14H15NO3/c1-14(2,3)18-13(17)11(9-15)8-10-4-6-12(16)7-5-10/h4-8,16H,1-3H3/b11-8+. The van der Waals surface area contributed by atoms with Gasteiger partial charge in [0.05, 0.1) is 0 Å². The normalized spacial score (nSPS) is 11.8. The highest BCUT2D eigenvalue weighted by molar-refractivity contribution is 5.98. The Balaban J connectivity index is 2.94. The van der Waals surface area contributed by atoms with E-state index in [4.69, 9.17) is 15.1 Å². The number of carbonyl (C=O) groups is 1. The van der Waals surface area contributed by atoms with Gasteiger partial charge < -0.3 is 9.84 Å². The third-order valence-electron chi connectivity index (χ3n) is 1.94. The van der Waals surface area contributed by atoms with Crippen LogP contribution in [0.25, 0.3) is 6.08 Å². The fourth-order valence-electron chi connectivity index (χ4n) is 1.21. The summed E-state index contributed by atoms with van der Waals surface area (Å²) in [6.07, 6.45) is 1.42. The molecule has 4 heteroatoms. The molecule has 1 aromatic carbocycles. The van der Waals surface area contributed by atoms with Gasteiger partial charge in [0.2, 0.25) is 0 Å². The Morgan fingerprint density at radius 2 is 1.89 bits per heavy atom. The number of esters is 1. The largest absolute Gasteiger partial charge is 0.508 e. The summed E-state index contributed by atoms with van der Waals surface area (Å²) < 4.78 is 5.11. The summed E-state index contributed by atoms with van der Waals surface area (Å²) in [4.78, 5) is 11.7. The van der Waals surface area contributed by atoms with Crippen LogP contribution < -0.4 is 0 Å². The van der Waals surface area contributed by atoms with E-state index in [2.05, 4.69) is 0 Å². The summed E-state index contributed by atoms with van der Waals surface area (Å²) >= 11 is 0. The molecule has 94 valence electrons. The van der Waals surface area contributed by atoms with Gasteiger partial charge in [-0.05, 0) is 44.5 Å². The van der Waals surface area contributed by atoms with Crippen LogP contribution in [0.3, 0.4) is 0 Å². The zero-order valence-corrected chi connectivity index (χ0v) is 10.6. The van der Waals surface area contributed by atoms with Gasteiger partial charge in [0, 0.05) is 0 Å². The summed E-state index contributed by atoms with van der Waals surface area (Å²) in [5, 5.41) is 18.1. The predicted molar refractivity (Wildman–Crippen MR) is 67.5 cm³/mol. The molecule has 0 aliphatic carbocycles. The fraction of sp³-hybridized carbons (Fsp3) is 0.286. The zero-order valence-electron chi connectivity index (χ0n) is 10.6. The van der Waals surface area contributed by atoms with Gasteiger partial charge in [-0.3, -0.25) is 0 Å². The average Bonchev–Trinajstić information content (AvgIpc) is 2.25. The van der Waals surface area contributed by atoms with Crippen molar-refractivity contribution in [3.05, 3.63) is 35.4 Å². The Hall–Kier alpha value is -2.28. The lowest BCUT2D eigenvalue weighted by Crippen LogP contribution is -2.24. The maximum atomic E-state index is 11.7. The topological polar surface area (TPSA) is 70.3 Å². The summed E-state index contributed by atoms with van der Waals surface area (Å²) in [6, 6.07) is 7.99. The number of hydrogen-bond donors (Lipinski definition) is 1. The highest BCUT2D eigenvalue weighted by atomic mass is 16.6. The molecule has 0 amide bonds. The van der Waals surface area contributed by atoms with Gasteiger partial charge in [-0.2, -0.15) is 5.26 Å². The third kappa shape index (κ3) is 4.30. The van der Waals surface area contributed by atoms with Crippen molar-refractivity contribution in [3.63, 3.8) is 0 Å². The second-order valence-corrected chi connectivity index (χ2v) is 4.76. The Kier molecular flexibility index (Phi) is 4.11. The van der Waals surface area contributed by atoms with Crippen LogP contribution in [0.15, 0.2) is 29.8 Å². The highest BCUT2D eigenvalue weighted by Gasteiger charge is 2.19. The lowest BCUT2D eigenvalue weighted by atomic mass is 10.1. The van der Waals surface area contributed by atoms with Crippen LogP contribution in [0, 0.1) is 11.3 Å². The number of phenols is 1. The van der Waals surface area contributed by atoms with E-state index in [1.807, 2.05) is 6.07 Å². The minimum Gasteiger partial charge on any atom is -0.508 e. The van der Waals surface area contributed by atoms with Crippen molar-refractivity contribution < 1.29 is 14.6 Å². The van der Waals surface area contributed by atoms with E-state index < -0.39 is 11.6 Å². The first kappa shape index (κ1) is 13.8. The smallest absolute Gasteiger partial charge is 0.349 e. The number of hydrogen-bond acceptors (Lipinski definition) is 4. The molecule has 4 nitrogen and oxygen atoms in total. The minimum absolute atomic E-state index is 0.0735. The number of benzene rings is 1. The quantitative estimate of drug-likeness (QED) is 0.494. The molecular formula is C14H15NO3. The molecule has 1 N–H and O–H groups in total. The lowest BCUT2D eigenvalue weighted by Gasteiger charge is -2.18. The summed E-state index contributed by atoms with van der Waals surface area (Å²) in [6.45, 7) is 5.21. The number of nitriles is 1. The number of rotatable bonds is 2. The minimum atomic E-state index is -0.655. The molecule has 0 saturated heterocycles. The molecule has 0 aliphatic heterocycles. The zero-order chi connectivity index (χ0) is 13.8. The predicted octanol–water partition coefficient (Wildman–Crippen LogP) is 2.64. The molecule has 1 rings (SSSR count). The van der Waals surface area contributed by atoms with E-state index in [1.54, 1.807) is 32.9 Å². The van der Waals surface area contributed by atoms with Gasteiger partial charge >= 0.3 is 5.97 Å². The van der Waals surface area contributed by atoms with Gasteiger partial charge in [-0.25, -0.2) is 4.79 Å². The molecule has 0 heterocycles. The van der Waals surface area contributed by atoms with Crippen LogP contribution in [0.4, 0.5) is 0 Å². The first-order chi connectivity index (χ1) is 8.31. The molecule has 0 unspecified atom stereocenters. The second-order valence-electron chi connectivity index (χ2n) is 4.76. The number of ether oxygens (including phenoxy) is 1. The van der Waals surface area contributed by atoms with Crippen LogP contribution >= 0.6 is 0 Å². The lowest BCUT2D eigenvalue weighted by molar-refractivity contribution is -0.149. The van der Waals surface area contributed by atoms with Crippen LogP contribution in [0.5, 0.6) is 5.75 Å². The molecule has 0 atom stereocenters. The number of carbonyl (C=O) groups excluding carboxylic acids is 1. The molecule has 0 aromatic heterocycles. The first-order valence-electron chi connectivity index (χ1n) is 5.46. The van der Waals surface area contributed by atoms with Crippen molar-refractivity contribution >= 4 is 12.0 Å². The Morgan fingerprint density at radius 1 is 1.33 bits per heavy atom. The van der Waals surface area contributed by atoms with Gasteiger partial charge in [0.25, 0.3) is 0 Å². The van der Waals surface area contributed by atoms with Crippen molar-refractivity contribution in [1.29, 1.82) is 5.26 Å². The monoisotopic (exact) mass is 245 g/mol. The van der Waals surface area contributed by atoms with E-state index in [0.717, 1.165) is 0 Å². The van der Waals surface area contributed by atoms with Crippen molar-refractivity contribution in [2.75, 3.05) is 0 Å².